The zero-order valence-corrected chi connectivity index (χ0v) is 10.5. The molecule has 2 rings (SSSR count). The molecule has 0 aromatic rings. The van der Waals surface area contributed by atoms with E-state index in [1.807, 2.05) is 0 Å². The molecule has 0 atom stereocenters. The number of hydrogen-bond donors (Lipinski definition) is 1. The quantitative estimate of drug-likeness (QED) is 0.828. The van der Waals surface area contributed by atoms with Crippen molar-refractivity contribution in [1.82, 2.24) is 4.90 Å². The van der Waals surface area contributed by atoms with Gasteiger partial charge in [0.05, 0.1) is 5.92 Å². The molecule has 6 heteroatoms. The fourth-order valence-corrected chi connectivity index (χ4v) is 2.80. The molecule has 2 heterocycles. The molecule has 0 bridgehead atoms. The molecule has 0 saturated carbocycles. The minimum Gasteiger partial charge on any atom is -0.381 e. The first-order chi connectivity index (χ1) is 8.39. The van der Waals surface area contributed by atoms with Gasteiger partial charge in [0.15, 0.2) is 0 Å². The molecule has 18 heavy (non-hydrogen) atoms. The molecule has 0 amide bonds. The highest BCUT2D eigenvalue weighted by Gasteiger charge is 2.42. The SMILES string of the molecule is NC1(CN2CCC(C(F)(F)F)CC2)CCOCC1. The Morgan fingerprint density at radius 2 is 1.72 bits per heavy atom. The topological polar surface area (TPSA) is 38.5 Å². The van der Waals surface area contributed by atoms with Crippen molar-refractivity contribution >= 4 is 0 Å². The maximum absolute atomic E-state index is 12.5. The second-order valence-corrected chi connectivity index (χ2v) is 5.57. The van der Waals surface area contributed by atoms with E-state index in [0.29, 0.717) is 32.8 Å². The summed E-state index contributed by atoms with van der Waals surface area (Å²) in [6.07, 6.45) is -2.03. The lowest BCUT2D eigenvalue weighted by Crippen LogP contribution is -2.55. The fourth-order valence-electron chi connectivity index (χ4n) is 2.80. The molecule has 2 aliphatic heterocycles. The molecule has 2 aliphatic rings. The van der Waals surface area contributed by atoms with E-state index in [2.05, 4.69) is 4.90 Å². The van der Waals surface area contributed by atoms with Crippen molar-refractivity contribution in [3.63, 3.8) is 0 Å². The van der Waals surface area contributed by atoms with Gasteiger partial charge < -0.3 is 15.4 Å². The molecule has 0 unspecified atom stereocenters. The van der Waals surface area contributed by atoms with Gasteiger partial charge in [-0.1, -0.05) is 0 Å². The third kappa shape index (κ3) is 3.59. The minimum atomic E-state index is -4.04. The summed E-state index contributed by atoms with van der Waals surface area (Å²) in [5.74, 6) is -1.13. The number of nitrogens with two attached hydrogens (primary N) is 1. The second kappa shape index (κ2) is 5.35. The summed E-state index contributed by atoms with van der Waals surface area (Å²) in [5.41, 5.74) is 5.99. The van der Waals surface area contributed by atoms with Crippen LogP contribution in [0, 0.1) is 5.92 Å². The predicted molar refractivity (Wildman–Crippen MR) is 62.2 cm³/mol. The van der Waals surface area contributed by atoms with Gasteiger partial charge in [-0.3, -0.25) is 0 Å². The number of alkyl halides is 3. The highest BCUT2D eigenvalue weighted by atomic mass is 19.4. The number of halogens is 3. The summed E-state index contributed by atoms with van der Waals surface area (Å²) in [7, 11) is 0. The second-order valence-electron chi connectivity index (χ2n) is 5.57. The lowest BCUT2D eigenvalue weighted by atomic mass is 9.89. The molecule has 106 valence electrons. The third-order valence-electron chi connectivity index (χ3n) is 4.08. The summed E-state index contributed by atoms with van der Waals surface area (Å²) in [4.78, 5) is 2.08. The van der Waals surface area contributed by atoms with Crippen molar-refractivity contribution in [3.8, 4) is 0 Å². The number of ether oxygens (including phenoxy) is 1. The normalized spacial score (nSPS) is 27.3. The van der Waals surface area contributed by atoms with Crippen LogP contribution in [0.1, 0.15) is 25.7 Å². The minimum absolute atomic E-state index is 0.204. The first kappa shape index (κ1) is 14.1. The molecular weight excluding hydrogens is 245 g/mol. The van der Waals surface area contributed by atoms with E-state index < -0.39 is 12.1 Å². The Kier molecular flexibility index (Phi) is 4.18. The summed E-state index contributed by atoms with van der Waals surface area (Å²) >= 11 is 0. The molecule has 2 saturated heterocycles. The molecule has 0 aromatic carbocycles. The van der Waals surface area contributed by atoms with Crippen molar-refractivity contribution < 1.29 is 17.9 Å². The molecule has 2 N–H and O–H groups in total. The monoisotopic (exact) mass is 266 g/mol. The molecule has 0 aliphatic carbocycles. The summed E-state index contributed by atoms with van der Waals surface area (Å²) < 4.78 is 42.9. The van der Waals surface area contributed by atoms with Crippen molar-refractivity contribution in [2.45, 2.75) is 37.4 Å². The van der Waals surface area contributed by atoms with Gasteiger partial charge in [0.2, 0.25) is 0 Å². The maximum atomic E-state index is 12.5. The van der Waals surface area contributed by atoms with Crippen LogP contribution in [0.4, 0.5) is 13.2 Å². The summed E-state index contributed by atoms with van der Waals surface area (Å²) in [6, 6.07) is 0. The Balaban J connectivity index is 1.79. The molecule has 2 fully saturated rings. The standard InChI is InChI=1S/C12H21F3N2O/c13-12(14,15)10-1-5-17(6-2-10)9-11(16)3-7-18-8-4-11/h10H,1-9,16H2. The van der Waals surface area contributed by atoms with Gasteiger partial charge >= 0.3 is 6.18 Å². The van der Waals surface area contributed by atoms with Gasteiger partial charge in [-0.2, -0.15) is 13.2 Å². The average Bonchev–Trinajstić information content (AvgIpc) is 2.29. The molecular formula is C12H21F3N2O. The Labute approximate surface area is 105 Å². The van der Waals surface area contributed by atoms with Crippen molar-refractivity contribution in [1.29, 1.82) is 0 Å². The van der Waals surface area contributed by atoms with Crippen molar-refractivity contribution in [2.75, 3.05) is 32.8 Å². The van der Waals surface area contributed by atoms with Gasteiger partial charge in [0, 0.05) is 25.3 Å². The number of likely N-dealkylation sites (tertiary alicyclic amines) is 1. The van der Waals surface area contributed by atoms with E-state index in [1.54, 1.807) is 0 Å². The highest BCUT2D eigenvalue weighted by Crippen LogP contribution is 2.34. The van der Waals surface area contributed by atoms with Gasteiger partial charge in [-0.15, -0.1) is 0 Å². The Bertz CT molecular complexity index is 269. The predicted octanol–water partition coefficient (Wildman–Crippen LogP) is 1.77. The lowest BCUT2D eigenvalue weighted by Gasteiger charge is -2.41. The van der Waals surface area contributed by atoms with E-state index in [0.717, 1.165) is 12.8 Å². The molecule has 0 radical (unpaired) electrons. The van der Waals surface area contributed by atoms with Crippen molar-refractivity contribution in [2.24, 2.45) is 11.7 Å². The van der Waals surface area contributed by atoms with E-state index in [4.69, 9.17) is 10.5 Å². The number of hydrogen-bond acceptors (Lipinski definition) is 3. The average molecular weight is 266 g/mol. The van der Waals surface area contributed by atoms with Gasteiger partial charge in [-0.05, 0) is 38.8 Å². The number of nitrogens with zero attached hydrogens (tertiary/aromatic N) is 1. The van der Waals surface area contributed by atoms with Crippen LogP contribution in [-0.2, 0) is 4.74 Å². The van der Waals surface area contributed by atoms with E-state index in [1.165, 1.54) is 0 Å². The number of rotatable bonds is 2. The Hall–Kier alpha value is -0.330. The largest absolute Gasteiger partial charge is 0.391 e. The van der Waals surface area contributed by atoms with Crippen LogP contribution in [0.5, 0.6) is 0 Å². The molecule has 3 nitrogen and oxygen atoms in total. The van der Waals surface area contributed by atoms with Crippen LogP contribution < -0.4 is 5.73 Å². The van der Waals surface area contributed by atoms with Crippen LogP contribution in [-0.4, -0.2) is 49.5 Å². The first-order valence-corrected chi connectivity index (χ1v) is 6.55. The maximum Gasteiger partial charge on any atom is 0.391 e. The van der Waals surface area contributed by atoms with E-state index >= 15 is 0 Å². The number of piperidine rings is 1. The van der Waals surface area contributed by atoms with Gasteiger partial charge in [0.25, 0.3) is 0 Å². The summed E-state index contributed by atoms with van der Waals surface area (Å²) in [5, 5.41) is 0. The van der Waals surface area contributed by atoms with Gasteiger partial charge in [0.1, 0.15) is 0 Å². The third-order valence-corrected chi connectivity index (χ3v) is 4.08. The Morgan fingerprint density at radius 1 is 1.17 bits per heavy atom. The lowest BCUT2D eigenvalue weighted by molar-refractivity contribution is -0.185. The Morgan fingerprint density at radius 3 is 2.22 bits per heavy atom. The van der Waals surface area contributed by atoms with Crippen LogP contribution in [0.3, 0.4) is 0 Å². The molecule has 0 spiro atoms. The fraction of sp³-hybridized carbons (Fsp3) is 1.00. The van der Waals surface area contributed by atoms with E-state index in [9.17, 15) is 13.2 Å². The van der Waals surface area contributed by atoms with Crippen LogP contribution >= 0.6 is 0 Å². The first-order valence-electron chi connectivity index (χ1n) is 6.55. The summed E-state index contributed by atoms with van der Waals surface area (Å²) in [6.45, 7) is 3.03. The zero-order chi connectivity index (χ0) is 13.2. The highest BCUT2D eigenvalue weighted by molar-refractivity contribution is 4.91. The van der Waals surface area contributed by atoms with Gasteiger partial charge in [-0.25, -0.2) is 0 Å². The zero-order valence-electron chi connectivity index (χ0n) is 10.5. The van der Waals surface area contributed by atoms with Crippen molar-refractivity contribution in [3.05, 3.63) is 0 Å². The smallest absolute Gasteiger partial charge is 0.381 e. The van der Waals surface area contributed by atoms with Crippen LogP contribution in [0.15, 0.2) is 0 Å². The van der Waals surface area contributed by atoms with Crippen LogP contribution in [0.25, 0.3) is 0 Å². The van der Waals surface area contributed by atoms with Crippen LogP contribution in [0.2, 0.25) is 0 Å². The van der Waals surface area contributed by atoms with E-state index in [-0.39, 0.29) is 18.4 Å². The molecule has 0 aromatic heterocycles.